The lowest BCUT2D eigenvalue weighted by atomic mass is 15.8. The molecule has 100 valence electrons. The summed E-state index contributed by atoms with van der Waals surface area (Å²) in [4.78, 5) is 0. The highest BCUT2D eigenvalue weighted by molar-refractivity contribution is 6.04. The van der Waals surface area contributed by atoms with Gasteiger partial charge in [-0.15, -0.1) is 4.66 Å². The molecule has 6 N–H and O–H groups in total. The Hall–Kier alpha value is 0.720. The fraction of sp³-hybridized carbons (Fsp3) is 0. The van der Waals surface area contributed by atoms with Gasteiger partial charge in [0, 0.05) is 4.66 Å². The van der Waals surface area contributed by atoms with Crippen LogP contribution in [-0.4, -0.2) is 24.1 Å². The van der Waals surface area contributed by atoms with E-state index in [4.69, 9.17) is 46.6 Å². The summed E-state index contributed by atoms with van der Waals surface area (Å²) >= 11 is 3.47. The van der Waals surface area contributed by atoms with Gasteiger partial charge in [-0.25, -0.2) is 0 Å². The molecule has 0 saturated heterocycles. The summed E-state index contributed by atoms with van der Waals surface area (Å²) in [5.74, 6) is 0. The molecule has 0 spiro atoms. The molecule has 0 aromatic carbocycles. The monoisotopic (exact) mass is 322 g/mol. The molecule has 11 nitrogen and oxygen atoms in total. The van der Waals surface area contributed by atoms with E-state index in [2.05, 4.69) is 11.9 Å². The van der Waals surface area contributed by atoms with Crippen molar-refractivity contribution in [3.8, 4) is 0 Å². The van der Waals surface area contributed by atoms with Crippen molar-refractivity contribution in [1.82, 2.24) is 0 Å². The third kappa shape index (κ3) is 4590. The standard InChI is InChI=1S/ClHO4.ClHO3.ClHO2.ClHO.H2O/c2-1(3,4)5;2-1(3)4;2-1-3;1-2;/h(H,2,3,4,5);2H;2H;2H;1H2. The van der Waals surface area contributed by atoms with Crippen LogP contribution in [0.5, 0.6) is 0 Å². The summed E-state index contributed by atoms with van der Waals surface area (Å²) in [5, 5.41) is 0. The largest absolute Gasteiger partial charge is 0.506 e. The quantitative estimate of drug-likeness (QED) is 0.327. The predicted molar refractivity (Wildman–Crippen MR) is 18.3 cm³/mol. The van der Waals surface area contributed by atoms with Gasteiger partial charge in [-0.2, -0.15) is 14.0 Å². The minimum atomic E-state index is -4.69. The van der Waals surface area contributed by atoms with Crippen LogP contribution in [0, 0.1) is 32.4 Å². The molecule has 0 aliphatic carbocycles. The van der Waals surface area contributed by atoms with Crippen molar-refractivity contribution in [1.29, 1.82) is 0 Å². The van der Waals surface area contributed by atoms with Gasteiger partial charge >= 0.3 is 11.3 Å². The van der Waals surface area contributed by atoms with E-state index in [0.717, 1.165) is 0 Å². The zero-order chi connectivity index (χ0) is 12.8. The molecule has 0 amide bonds. The van der Waals surface area contributed by atoms with Crippen LogP contribution in [-0.2, 0) is 0 Å². The zero-order valence-corrected chi connectivity index (χ0v) is 9.27. The van der Waals surface area contributed by atoms with Gasteiger partial charge in [0.05, 0.1) is 26.8 Å². The molecule has 0 aliphatic heterocycles. The first-order valence-corrected chi connectivity index (χ1v) is 4.81. The van der Waals surface area contributed by atoms with Gasteiger partial charge < -0.3 is 19.5 Å². The van der Waals surface area contributed by atoms with E-state index >= 15 is 0 Å². The Kier molecular flexibility index (Phi) is 47.6. The number of rotatable bonds is 0. The smallest absolute Gasteiger partial charge is 0.327 e. The molecule has 15 heavy (non-hydrogen) atoms. The average Bonchev–Trinajstić information content (AvgIpc) is 1.87. The first-order chi connectivity index (χ1) is 6.15. The molecule has 0 heterocycles. The maximum Gasteiger partial charge on any atom is 0.327 e. The second kappa shape index (κ2) is 24.1. The molecule has 15 heteroatoms. The molecular formula is H6Cl4O11. The van der Waals surface area contributed by atoms with E-state index in [-0.39, 0.29) is 16.8 Å². The SMILES string of the molecule is O.OCl.[O-][Cl+2]([O-])O.[O-][Cl+3]([O-])([O-])O.[O-][Cl+]O. The lowest BCUT2D eigenvalue weighted by Gasteiger charge is -2.03. The first kappa shape index (κ1) is 29.6. The Morgan fingerprint density at radius 2 is 1.13 bits per heavy atom. The predicted octanol–water partition coefficient (Wildman–Crippen LogP) is -9.50. The van der Waals surface area contributed by atoms with Crippen LogP contribution >= 0.6 is 11.9 Å². The summed E-state index contributed by atoms with van der Waals surface area (Å²) in [6, 6.07) is 0. The van der Waals surface area contributed by atoms with Gasteiger partial charge in [-0.1, -0.05) is 0 Å². The Morgan fingerprint density at radius 3 is 1.13 bits per heavy atom. The van der Waals surface area contributed by atoms with Crippen molar-refractivity contribution in [3.05, 3.63) is 0 Å². The minimum Gasteiger partial charge on any atom is -0.506 e. The van der Waals surface area contributed by atoms with Gasteiger partial charge in [0.25, 0.3) is 10.8 Å². The number of hydrogen-bond donors (Lipinski definition) is 4. The van der Waals surface area contributed by atoms with E-state index < -0.39 is 21.0 Å². The molecule has 0 fully saturated rings. The molecule has 0 unspecified atom stereocenters. The second-order valence-corrected chi connectivity index (χ2v) is 2.00. The summed E-state index contributed by atoms with van der Waals surface area (Å²) in [7, 11) is -7.30. The third-order valence-electron chi connectivity index (χ3n) is 0. The third-order valence-corrected chi connectivity index (χ3v) is 0. The van der Waals surface area contributed by atoms with Crippen molar-refractivity contribution in [2.24, 2.45) is 0 Å². The number of hydrogen-bond acceptors (Lipinski definition) is 10. The lowest BCUT2D eigenvalue weighted by Crippen LogP contribution is -2.58. The molecular weight excluding hydrogens is 318 g/mol. The van der Waals surface area contributed by atoms with Crippen LogP contribution in [0.1, 0.15) is 0 Å². The van der Waals surface area contributed by atoms with Crippen LogP contribution in [0.2, 0.25) is 0 Å². The van der Waals surface area contributed by atoms with Crippen LogP contribution < -0.4 is 28.0 Å². The topological polar surface area (TPSA) is 251 Å². The van der Waals surface area contributed by atoms with Crippen molar-refractivity contribution in [2.45, 2.75) is 0 Å². The summed E-state index contributed by atoms with van der Waals surface area (Å²) < 4.78 is 78.4. The van der Waals surface area contributed by atoms with Crippen molar-refractivity contribution >= 4 is 11.9 Å². The average molecular weight is 324 g/mol. The highest BCUT2D eigenvalue weighted by atomic mass is 35.7. The van der Waals surface area contributed by atoms with E-state index in [1.165, 1.54) is 0 Å². The zero-order valence-electron chi connectivity index (χ0n) is 6.25. The molecule has 0 radical (unpaired) electrons. The lowest BCUT2D eigenvalue weighted by molar-refractivity contribution is -1.92. The van der Waals surface area contributed by atoms with Gasteiger partial charge in [-0.05, 0) is 0 Å². The molecule has 0 saturated carbocycles. The van der Waals surface area contributed by atoms with E-state index in [0.29, 0.717) is 0 Å². The highest BCUT2D eigenvalue weighted by Crippen LogP contribution is 1.60. The van der Waals surface area contributed by atoms with Crippen LogP contribution in [0.4, 0.5) is 0 Å². The van der Waals surface area contributed by atoms with Crippen LogP contribution in [0.15, 0.2) is 0 Å². The minimum absolute atomic E-state index is 0. The van der Waals surface area contributed by atoms with E-state index in [1.54, 1.807) is 0 Å². The Morgan fingerprint density at radius 1 is 1.13 bits per heavy atom. The molecule has 0 atom stereocenters. The summed E-state index contributed by atoms with van der Waals surface area (Å²) in [5.41, 5.74) is 0. The Labute approximate surface area is 96.7 Å². The van der Waals surface area contributed by atoms with Crippen molar-refractivity contribution in [3.63, 3.8) is 0 Å². The van der Waals surface area contributed by atoms with Gasteiger partial charge in [0.15, 0.2) is 0 Å². The molecule has 0 bridgehead atoms. The molecule has 0 aromatic heterocycles. The fourth-order valence-electron chi connectivity index (χ4n) is 0. The maximum absolute atomic E-state index is 8.60. The summed E-state index contributed by atoms with van der Waals surface area (Å²) in [6.07, 6.45) is 0. The van der Waals surface area contributed by atoms with Gasteiger partial charge in [0.1, 0.15) is 0 Å². The van der Waals surface area contributed by atoms with E-state index in [1.807, 2.05) is 0 Å². The molecule has 0 rings (SSSR count). The normalized spacial score (nSPS) is 8.00. The summed E-state index contributed by atoms with van der Waals surface area (Å²) in [6.45, 7) is 0. The first-order valence-electron chi connectivity index (χ1n) is 1.60. The van der Waals surface area contributed by atoms with Gasteiger partial charge in [-0.3, -0.25) is 4.66 Å². The van der Waals surface area contributed by atoms with Gasteiger partial charge in [0.2, 0.25) is 0 Å². The van der Waals surface area contributed by atoms with E-state index in [9.17, 15) is 0 Å². The number of halogens is 4. The Balaban J connectivity index is -0.0000000305. The highest BCUT2D eigenvalue weighted by Gasteiger charge is 1.98. The molecule has 0 aromatic rings. The maximum atomic E-state index is 8.60. The van der Waals surface area contributed by atoms with Crippen LogP contribution in [0.25, 0.3) is 0 Å². The second-order valence-electron chi connectivity index (χ2n) is 0.666. The fourth-order valence-corrected chi connectivity index (χ4v) is 0. The van der Waals surface area contributed by atoms with Crippen molar-refractivity contribution < 1.29 is 84.4 Å². The molecule has 0 aliphatic rings. The Bertz CT molecular complexity index is 58.7. The van der Waals surface area contributed by atoms with Crippen molar-refractivity contribution in [2.75, 3.05) is 0 Å². The van der Waals surface area contributed by atoms with Crippen LogP contribution in [0.3, 0.4) is 0 Å².